The summed E-state index contributed by atoms with van der Waals surface area (Å²) in [5.74, 6) is 0.915. The molecule has 0 bridgehead atoms. The summed E-state index contributed by atoms with van der Waals surface area (Å²) in [5, 5.41) is 9.44. The maximum absolute atomic E-state index is 12.5. The summed E-state index contributed by atoms with van der Waals surface area (Å²) in [4.78, 5) is 27.3. The molecule has 0 saturated carbocycles. The number of fused-ring (bicyclic) bond motifs is 1. The fourth-order valence-corrected chi connectivity index (χ4v) is 4.02. The van der Waals surface area contributed by atoms with Gasteiger partial charge in [0.1, 0.15) is 17.9 Å². The molecule has 3 heterocycles. The lowest BCUT2D eigenvalue weighted by atomic mass is 10.0. The fraction of sp³-hybridized carbons (Fsp3) is 0.308. The van der Waals surface area contributed by atoms with Gasteiger partial charge >= 0.3 is 6.03 Å². The molecule has 4 rings (SSSR count). The molecule has 0 spiro atoms. The second-order valence-electron chi connectivity index (χ2n) is 9.30. The van der Waals surface area contributed by atoms with Gasteiger partial charge in [0.15, 0.2) is 5.75 Å². The number of nitrogens with zero attached hydrogens (tertiary/aromatic N) is 5. The Bertz CT molecular complexity index is 1410. The number of hydroxylamine groups is 2. The van der Waals surface area contributed by atoms with E-state index >= 15 is 0 Å². The highest BCUT2D eigenvalue weighted by Crippen LogP contribution is 2.35. The third-order valence-electron chi connectivity index (χ3n) is 5.56. The van der Waals surface area contributed by atoms with E-state index in [4.69, 9.17) is 26.2 Å². The molecule has 36 heavy (non-hydrogen) atoms. The van der Waals surface area contributed by atoms with Gasteiger partial charge in [-0.3, -0.25) is 9.67 Å². The molecule has 1 aromatic carbocycles. The number of hydrogen-bond donors (Lipinski definition) is 1. The summed E-state index contributed by atoms with van der Waals surface area (Å²) < 4.78 is 8.07. The van der Waals surface area contributed by atoms with E-state index in [1.165, 1.54) is 17.5 Å². The number of aromatic nitrogens is 4. The van der Waals surface area contributed by atoms with E-state index in [1.807, 2.05) is 69.8 Å². The number of carbonyl (C=O) groups excluding carboxylic acids is 1. The van der Waals surface area contributed by atoms with E-state index < -0.39 is 11.6 Å². The Morgan fingerprint density at radius 3 is 2.64 bits per heavy atom. The Labute approximate surface area is 215 Å². The van der Waals surface area contributed by atoms with Crippen molar-refractivity contribution in [1.29, 1.82) is 0 Å². The molecule has 0 unspecified atom stereocenters. The molecule has 2 amide bonds. The number of aryl methyl sites for hydroxylation is 2. The lowest BCUT2D eigenvalue weighted by Gasteiger charge is -2.34. The highest BCUT2D eigenvalue weighted by molar-refractivity contribution is 6.31. The molecule has 10 heteroatoms. The van der Waals surface area contributed by atoms with Gasteiger partial charge in [0.2, 0.25) is 0 Å². The molecule has 9 nitrogen and oxygen atoms in total. The molecule has 0 aliphatic rings. The van der Waals surface area contributed by atoms with E-state index in [0.717, 1.165) is 27.9 Å². The number of hydrogen-bond acceptors (Lipinski definition) is 6. The Morgan fingerprint density at radius 1 is 1.19 bits per heavy atom. The number of amides is 2. The summed E-state index contributed by atoms with van der Waals surface area (Å²) >= 11 is 6.49. The Hall–Kier alpha value is -3.85. The van der Waals surface area contributed by atoms with Crippen molar-refractivity contribution in [2.75, 3.05) is 7.05 Å². The maximum atomic E-state index is 12.5. The van der Waals surface area contributed by atoms with Gasteiger partial charge in [-0.05, 0) is 45.9 Å². The first-order valence-corrected chi connectivity index (χ1v) is 11.8. The molecule has 0 fully saturated rings. The topological polar surface area (TPSA) is 94.4 Å². The largest absolute Gasteiger partial charge is 0.486 e. The van der Waals surface area contributed by atoms with Crippen LogP contribution in [0.2, 0.25) is 5.02 Å². The van der Waals surface area contributed by atoms with Crippen LogP contribution in [0.1, 0.15) is 32.0 Å². The molecule has 0 atom stereocenters. The normalized spacial score (nSPS) is 11.4. The van der Waals surface area contributed by atoms with Crippen molar-refractivity contribution in [1.82, 2.24) is 30.1 Å². The van der Waals surface area contributed by atoms with E-state index in [2.05, 4.69) is 15.4 Å². The Morgan fingerprint density at radius 2 is 1.97 bits per heavy atom. The van der Waals surface area contributed by atoms with Gasteiger partial charge in [-0.2, -0.15) is 10.2 Å². The van der Waals surface area contributed by atoms with Gasteiger partial charge in [0, 0.05) is 43.1 Å². The van der Waals surface area contributed by atoms with Gasteiger partial charge in [-0.15, -0.1) is 0 Å². The number of nitrogens with one attached hydrogen (secondary N) is 1. The van der Waals surface area contributed by atoms with E-state index in [-0.39, 0.29) is 6.61 Å². The predicted octanol–water partition coefficient (Wildman–Crippen LogP) is 5.30. The molecular formula is C26H29ClN6O3. The van der Waals surface area contributed by atoms with Gasteiger partial charge in [0.25, 0.3) is 0 Å². The highest BCUT2D eigenvalue weighted by Gasteiger charge is 2.30. The van der Waals surface area contributed by atoms with Crippen molar-refractivity contribution in [2.45, 2.75) is 39.8 Å². The van der Waals surface area contributed by atoms with Crippen LogP contribution in [0.3, 0.4) is 0 Å². The first kappa shape index (κ1) is 25.2. The summed E-state index contributed by atoms with van der Waals surface area (Å²) in [6.45, 7) is 7.61. The van der Waals surface area contributed by atoms with Gasteiger partial charge < -0.3 is 14.9 Å². The van der Waals surface area contributed by atoms with Crippen molar-refractivity contribution in [3.63, 3.8) is 0 Å². The maximum Gasteiger partial charge on any atom is 0.350 e. The molecule has 3 aromatic heterocycles. The zero-order valence-corrected chi connectivity index (χ0v) is 21.9. The van der Waals surface area contributed by atoms with Crippen LogP contribution in [0.15, 0.2) is 48.9 Å². The summed E-state index contributed by atoms with van der Waals surface area (Å²) in [5.41, 5.74) is 3.50. The molecule has 4 aromatic rings. The molecule has 0 saturated heterocycles. The standard InChI is InChI=1S/C26H29ClN6O3/c1-16-12-18(21-10-11-30-32(21)6)17-8-7-9-22(24(17)31-16)35-15-19-20(27)13-29-14-23(19)36-33(25(34)28-5)26(2,3)4/h7-14H,15H2,1-6H3,(H,28,34). The zero-order chi connectivity index (χ0) is 26.0. The van der Waals surface area contributed by atoms with Crippen molar-refractivity contribution in [3.8, 4) is 22.8 Å². The van der Waals surface area contributed by atoms with Crippen molar-refractivity contribution in [2.24, 2.45) is 7.05 Å². The first-order valence-electron chi connectivity index (χ1n) is 11.4. The van der Waals surface area contributed by atoms with Crippen LogP contribution in [-0.4, -0.2) is 43.4 Å². The van der Waals surface area contributed by atoms with Gasteiger partial charge in [-0.1, -0.05) is 23.7 Å². The van der Waals surface area contributed by atoms with Gasteiger partial charge in [0.05, 0.1) is 28.0 Å². The number of rotatable bonds is 6. The third kappa shape index (κ3) is 5.06. The molecule has 0 aliphatic heterocycles. The van der Waals surface area contributed by atoms with Crippen LogP contribution >= 0.6 is 11.6 Å². The van der Waals surface area contributed by atoms with E-state index in [9.17, 15) is 4.79 Å². The number of pyridine rings is 2. The number of benzene rings is 1. The zero-order valence-electron chi connectivity index (χ0n) is 21.2. The molecule has 1 N–H and O–H groups in total. The molecular weight excluding hydrogens is 480 g/mol. The molecule has 0 aliphatic carbocycles. The predicted molar refractivity (Wildman–Crippen MR) is 139 cm³/mol. The highest BCUT2D eigenvalue weighted by atomic mass is 35.5. The van der Waals surface area contributed by atoms with Crippen LogP contribution in [0.25, 0.3) is 22.2 Å². The van der Waals surface area contributed by atoms with Crippen LogP contribution < -0.4 is 14.9 Å². The number of para-hydroxylation sites is 1. The number of carbonyl (C=O) groups is 1. The summed E-state index contributed by atoms with van der Waals surface area (Å²) in [6.07, 6.45) is 4.79. The van der Waals surface area contributed by atoms with Crippen LogP contribution in [0.4, 0.5) is 4.79 Å². The molecule has 0 radical (unpaired) electrons. The van der Waals surface area contributed by atoms with E-state index in [0.29, 0.717) is 22.1 Å². The number of ether oxygens (including phenoxy) is 1. The van der Waals surface area contributed by atoms with Crippen LogP contribution in [0.5, 0.6) is 11.5 Å². The minimum Gasteiger partial charge on any atom is -0.486 e. The quantitative estimate of drug-likeness (QED) is 0.355. The third-order valence-corrected chi connectivity index (χ3v) is 5.89. The minimum atomic E-state index is -0.625. The number of urea groups is 1. The first-order chi connectivity index (χ1) is 17.1. The van der Waals surface area contributed by atoms with E-state index in [1.54, 1.807) is 13.2 Å². The average molecular weight is 509 g/mol. The Balaban J connectivity index is 1.70. The number of halogens is 1. The average Bonchev–Trinajstić information content (AvgIpc) is 3.26. The summed E-state index contributed by atoms with van der Waals surface area (Å²) in [7, 11) is 3.45. The lowest BCUT2D eigenvalue weighted by molar-refractivity contribution is -0.0790. The smallest absolute Gasteiger partial charge is 0.350 e. The second kappa shape index (κ2) is 10.0. The van der Waals surface area contributed by atoms with Gasteiger partial charge in [-0.25, -0.2) is 9.78 Å². The fourth-order valence-electron chi connectivity index (χ4n) is 3.81. The SMILES string of the molecule is CNC(=O)N(Oc1cncc(Cl)c1COc1cccc2c(-c3ccnn3C)cc(C)nc12)C(C)(C)C. The van der Waals surface area contributed by atoms with Crippen LogP contribution in [-0.2, 0) is 13.7 Å². The summed E-state index contributed by atoms with van der Waals surface area (Å²) in [6, 6.07) is 9.40. The van der Waals surface area contributed by atoms with Crippen molar-refractivity contribution in [3.05, 3.63) is 65.2 Å². The van der Waals surface area contributed by atoms with Crippen molar-refractivity contribution >= 4 is 28.5 Å². The lowest BCUT2D eigenvalue weighted by Crippen LogP contribution is -2.51. The molecule has 188 valence electrons. The second-order valence-corrected chi connectivity index (χ2v) is 9.71. The minimum absolute atomic E-state index is 0.0815. The monoisotopic (exact) mass is 508 g/mol. The van der Waals surface area contributed by atoms with Crippen LogP contribution in [0, 0.1) is 6.92 Å². The Kier molecular flexibility index (Phi) is 7.03. The van der Waals surface area contributed by atoms with Crippen molar-refractivity contribution < 1.29 is 14.4 Å².